The Bertz CT molecular complexity index is 400. The zero-order valence-electron chi connectivity index (χ0n) is 20.9. The average molecular weight is 445 g/mol. The minimum atomic E-state index is -1.70. The monoisotopic (exact) mass is 444 g/mol. The number of rotatable bonds is 19. The molecular formula is C24H52O3Si2. The van der Waals surface area contributed by atoms with E-state index in [1.54, 1.807) is 0 Å². The van der Waals surface area contributed by atoms with Crippen molar-refractivity contribution in [1.29, 1.82) is 0 Å². The van der Waals surface area contributed by atoms with Crippen molar-refractivity contribution in [2.24, 2.45) is 0 Å². The van der Waals surface area contributed by atoms with Gasteiger partial charge in [0.25, 0.3) is 5.97 Å². The Morgan fingerprint density at radius 2 is 1.10 bits per heavy atom. The molecule has 0 aliphatic heterocycles. The van der Waals surface area contributed by atoms with Crippen molar-refractivity contribution in [3.05, 3.63) is 0 Å². The standard InChI is InChI=1S/C24H52O3Si2/c1-8-9-10-17-20-23(26-28(2,3)4)21-18-15-13-11-12-14-16-19-22-24(25)27-29(5,6)7/h23H,8-22H2,1-7H3. The molecule has 0 saturated heterocycles. The molecule has 3 nitrogen and oxygen atoms in total. The lowest BCUT2D eigenvalue weighted by Gasteiger charge is -2.26. The van der Waals surface area contributed by atoms with Crippen LogP contribution >= 0.6 is 0 Å². The molecule has 0 amide bonds. The second kappa shape index (κ2) is 16.5. The topological polar surface area (TPSA) is 35.5 Å². The van der Waals surface area contributed by atoms with Gasteiger partial charge in [0.1, 0.15) is 0 Å². The third kappa shape index (κ3) is 22.4. The smallest absolute Gasteiger partial charge is 0.292 e. The molecule has 0 fully saturated rings. The Morgan fingerprint density at radius 1 is 0.655 bits per heavy atom. The number of carbonyl (C=O) groups excluding carboxylic acids is 1. The molecule has 0 aromatic heterocycles. The van der Waals surface area contributed by atoms with Crippen molar-refractivity contribution < 1.29 is 13.6 Å². The van der Waals surface area contributed by atoms with Gasteiger partial charge in [-0.25, -0.2) is 0 Å². The average Bonchev–Trinajstić information content (AvgIpc) is 2.57. The molecule has 0 aromatic carbocycles. The molecule has 0 spiro atoms. The highest BCUT2D eigenvalue weighted by Crippen LogP contribution is 2.20. The molecule has 1 unspecified atom stereocenters. The largest absolute Gasteiger partial charge is 0.520 e. The van der Waals surface area contributed by atoms with Gasteiger partial charge in [-0.2, -0.15) is 0 Å². The summed E-state index contributed by atoms with van der Waals surface area (Å²) in [7, 11) is -3.14. The van der Waals surface area contributed by atoms with E-state index in [1.807, 2.05) is 0 Å². The van der Waals surface area contributed by atoms with E-state index in [0.29, 0.717) is 12.5 Å². The van der Waals surface area contributed by atoms with Crippen molar-refractivity contribution in [2.45, 2.75) is 149 Å². The molecule has 0 saturated carbocycles. The number of hydrogen-bond donors (Lipinski definition) is 0. The van der Waals surface area contributed by atoms with E-state index in [9.17, 15) is 4.79 Å². The zero-order valence-corrected chi connectivity index (χ0v) is 22.9. The molecule has 0 N–H and O–H groups in total. The van der Waals surface area contributed by atoms with E-state index in [2.05, 4.69) is 46.2 Å². The van der Waals surface area contributed by atoms with Crippen molar-refractivity contribution >= 4 is 22.6 Å². The van der Waals surface area contributed by atoms with Gasteiger partial charge in [-0.1, -0.05) is 77.6 Å². The molecule has 5 heteroatoms. The fourth-order valence-electron chi connectivity index (χ4n) is 3.66. The third-order valence-corrected chi connectivity index (χ3v) is 6.86. The first-order valence-electron chi connectivity index (χ1n) is 12.4. The van der Waals surface area contributed by atoms with Gasteiger partial charge in [0, 0.05) is 12.5 Å². The van der Waals surface area contributed by atoms with Gasteiger partial charge in [-0.05, 0) is 58.5 Å². The van der Waals surface area contributed by atoms with Gasteiger partial charge in [0.15, 0.2) is 8.32 Å². The van der Waals surface area contributed by atoms with Crippen LogP contribution in [0.4, 0.5) is 0 Å². The summed E-state index contributed by atoms with van der Waals surface area (Å²) in [4.78, 5) is 11.7. The van der Waals surface area contributed by atoms with E-state index in [-0.39, 0.29) is 5.97 Å². The SMILES string of the molecule is CCCCCCC(CCCCCCCCCCC(=O)O[Si](C)(C)C)O[Si](C)(C)C. The molecule has 29 heavy (non-hydrogen) atoms. The van der Waals surface area contributed by atoms with E-state index in [1.165, 1.54) is 77.0 Å². The number of unbranched alkanes of at least 4 members (excludes halogenated alkanes) is 10. The Balaban J connectivity index is 3.69. The highest BCUT2D eigenvalue weighted by Gasteiger charge is 2.21. The van der Waals surface area contributed by atoms with Crippen LogP contribution in [-0.2, 0) is 13.6 Å². The van der Waals surface area contributed by atoms with Crippen LogP contribution in [0.25, 0.3) is 0 Å². The molecule has 0 heterocycles. The van der Waals surface area contributed by atoms with Crippen LogP contribution in [0.3, 0.4) is 0 Å². The van der Waals surface area contributed by atoms with Crippen LogP contribution < -0.4 is 0 Å². The first-order valence-corrected chi connectivity index (χ1v) is 19.2. The van der Waals surface area contributed by atoms with Gasteiger partial charge in [-0.3, -0.25) is 4.79 Å². The summed E-state index contributed by atoms with van der Waals surface area (Å²) in [6.45, 7) is 15.4. The van der Waals surface area contributed by atoms with E-state index >= 15 is 0 Å². The maximum Gasteiger partial charge on any atom is 0.292 e. The van der Waals surface area contributed by atoms with Gasteiger partial charge in [-0.15, -0.1) is 0 Å². The summed E-state index contributed by atoms with van der Waals surface area (Å²) in [5.74, 6) is 0.00829. The highest BCUT2D eigenvalue weighted by atomic mass is 28.4. The molecule has 1 atom stereocenters. The predicted octanol–water partition coefficient (Wildman–Crippen LogP) is 8.46. The second-order valence-corrected chi connectivity index (χ2v) is 19.5. The van der Waals surface area contributed by atoms with Crippen molar-refractivity contribution in [3.8, 4) is 0 Å². The summed E-state index contributed by atoms with van der Waals surface area (Å²) >= 11 is 0. The maximum absolute atomic E-state index is 11.7. The summed E-state index contributed by atoms with van der Waals surface area (Å²) in [5.41, 5.74) is 0. The quantitative estimate of drug-likeness (QED) is 0.148. The van der Waals surface area contributed by atoms with Gasteiger partial charge in [0.2, 0.25) is 8.32 Å². The number of carbonyl (C=O) groups is 1. The van der Waals surface area contributed by atoms with Crippen molar-refractivity contribution in [2.75, 3.05) is 0 Å². The molecule has 0 aromatic rings. The van der Waals surface area contributed by atoms with Crippen LogP contribution in [0.5, 0.6) is 0 Å². The van der Waals surface area contributed by atoms with E-state index < -0.39 is 16.6 Å². The van der Waals surface area contributed by atoms with Gasteiger partial charge < -0.3 is 8.85 Å². The third-order valence-electron chi connectivity index (χ3n) is 4.98. The van der Waals surface area contributed by atoms with Crippen molar-refractivity contribution in [1.82, 2.24) is 0 Å². The summed E-state index contributed by atoms with van der Waals surface area (Å²) in [5, 5.41) is 0. The minimum Gasteiger partial charge on any atom is -0.520 e. The highest BCUT2D eigenvalue weighted by molar-refractivity contribution is 6.71. The predicted molar refractivity (Wildman–Crippen MR) is 133 cm³/mol. The molecule has 0 bridgehead atoms. The zero-order chi connectivity index (χ0) is 22.2. The van der Waals surface area contributed by atoms with Gasteiger partial charge >= 0.3 is 0 Å². The Kier molecular flexibility index (Phi) is 16.5. The van der Waals surface area contributed by atoms with E-state index in [0.717, 1.165) is 12.8 Å². The fourth-order valence-corrected chi connectivity index (χ4v) is 5.68. The van der Waals surface area contributed by atoms with Crippen LogP contribution in [0.1, 0.15) is 103 Å². The summed E-state index contributed by atoms with van der Waals surface area (Å²) in [6, 6.07) is 0. The summed E-state index contributed by atoms with van der Waals surface area (Å²) in [6.07, 6.45) is 19.0. The Hall–Kier alpha value is -0.136. The first-order chi connectivity index (χ1) is 13.5. The molecule has 0 radical (unpaired) electrons. The number of hydrogen-bond acceptors (Lipinski definition) is 3. The first kappa shape index (κ1) is 28.9. The molecule has 174 valence electrons. The van der Waals surface area contributed by atoms with Crippen LogP contribution in [0, 0.1) is 0 Å². The Morgan fingerprint density at radius 3 is 1.55 bits per heavy atom. The maximum atomic E-state index is 11.7. The van der Waals surface area contributed by atoms with Gasteiger partial charge in [0.05, 0.1) is 0 Å². The van der Waals surface area contributed by atoms with Crippen LogP contribution in [-0.4, -0.2) is 28.7 Å². The normalized spacial score (nSPS) is 13.5. The lowest BCUT2D eigenvalue weighted by Crippen LogP contribution is -2.32. The van der Waals surface area contributed by atoms with Crippen LogP contribution in [0.2, 0.25) is 39.3 Å². The van der Waals surface area contributed by atoms with E-state index in [4.69, 9.17) is 8.85 Å². The Labute approximate surface area is 185 Å². The summed E-state index contributed by atoms with van der Waals surface area (Å²) < 4.78 is 11.9. The minimum absolute atomic E-state index is 0.00829. The second-order valence-electron chi connectivity index (χ2n) is 10.7. The lowest BCUT2D eigenvalue weighted by molar-refractivity contribution is -0.135. The molecule has 0 aliphatic rings. The van der Waals surface area contributed by atoms with Crippen LogP contribution in [0.15, 0.2) is 0 Å². The fraction of sp³-hybridized carbons (Fsp3) is 0.958. The molecule has 0 rings (SSSR count). The van der Waals surface area contributed by atoms with Crippen molar-refractivity contribution in [3.63, 3.8) is 0 Å². The molecular weight excluding hydrogens is 392 g/mol. The molecule has 0 aliphatic carbocycles. The lowest BCUT2D eigenvalue weighted by atomic mass is 10.0.